The summed E-state index contributed by atoms with van der Waals surface area (Å²) in [5.41, 5.74) is 1.60. The number of anilines is 1. The number of amides is 1. The molecule has 6 nitrogen and oxygen atoms in total. The van der Waals surface area contributed by atoms with Gasteiger partial charge in [0, 0.05) is 0 Å². The molecule has 1 N–H and O–H groups in total. The molecule has 3 aromatic rings. The molecule has 1 amide bonds. The predicted molar refractivity (Wildman–Crippen MR) is 108 cm³/mol. The van der Waals surface area contributed by atoms with Gasteiger partial charge in [0.15, 0.2) is 0 Å². The number of rotatable bonds is 7. The Morgan fingerprint density at radius 2 is 1.54 bits per heavy atom. The van der Waals surface area contributed by atoms with Gasteiger partial charge in [-0.15, -0.1) is 0 Å². The van der Waals surface area contributed by atoms with Gasteiger partial charge in [0.2, 0.25) is 0 Å². The number of carbonyl (C=O) groups is 2. The van der Waals surface area contributed by atoms with Crippen LogP contribution in [0.5, 0.6) is 0 Å². The molecule has 0 unspecified atom stereocenters. The summed E-state index contributed by atoms with van der Waals surface area (Å²) in [6.45, 7) is 0. The first-order chi connectivity index (χ1) is 13.5. The minimum absolute atomic E-state index is 0.0406. The molecule has 0 bridgehead atoms. The van der Waals surface area contributed by atoms with E-state index in [2.05, 4.69) is 5.32 Å². The molecule has 3 rings (SSSR count). The summed E-state index contributed by atoms with van der Waals surface area (Å²) >= 11 is -0.198. The van der Waals surface area contributed by atoms with E-state index in [1.165, 1.54) is 24.3 Å². The quantitative estimate of drug-likeness (QED) is 0.264. The molecule has 28 heavy (non-hydrogen) atoms. The van der Waals surface area contributed by atoms with Gasteiger partial charge in [-0.2, -0.15) is 0 Å². The number of ketones is 1. The van der Waals surface area contributed by atoms with Gasteiger partial charge >= 0.3 is 168 Å². The third kappa shape index (κ3) is 4.91. The number of nitrogens with zero attached hydrogens (tertiary/aromatic N) is 1. The Labute approximate surface area is 167 Å². The van der Waals surface area contributed by atoms with E-state index in [-0.39, 0.29) is 32.3 Å². The summed E-state index contributed by atoms with van der Waals surface area (Å²) in [4.78, 5) is 35.2. The Hall–Kier alpha value is -3.28. The SMILES string of the molecule is O=C(C[Se]c1ccccc1C(=O)Nc1ccc([N+](=O)[O-])cc1)c1ccccc1. The Balaban J connectivity index is 1.69. The number of benzene rings is 3. The van der Waals surface area contributed by atoms with Crippen molar-refractivity contribution in [2.75, 3.05) is 5.32 Å². The summed E-state index contributed by atoms with van der Waals surface area (Å²) in [6, 6.07) is 21.9. The molecule has 140 valence electrons. The van der Waals surface area contributed by atoms with Crippen molar-refractivity contribution in [3.8, 4) is 0 Å². The van der Waals surface area contributed by atoms with Crippen molar-refractivity contribution < 1.29 is 14.5 Å². The van der Waals surface area contributed by atoms with Crippen molar-refractivity contribution >= 4 is 42.5 Å². The molecule has 0 atom stereocenters. The predicted octanol–water partition coefficient (Wildman–Crippen LogP) is 3.48. The first kappa shape index (κ1) is 19.5. The summed E-state index contributed by atoms with van der Waals surface area (Å²) in [7, 11) is 0. The number of non-ortho nitro benzene ring substituents is 1. The van der Waals surface area contributed by atoms with Gasteiger partial charge in [-0.05, 0) is 0 Å². The van der Waals surface area contributed by atoms with Crippen molar-refractivity contribution in [2.24, 2.45) is 0 Å². The van der Waals surface area contributed by atoms with E-state index >= 15 is 0 Å². The molecular formula is C21H16N2O4Se. The van der Waals surface area contributed by atoms with Crippen LogP contribution in [0, 0.1) is 10.1 Å². The minimum atomic E-state index is -0.493. The summed E-state index contributed by atoms with van der Waals surface area (Å²) < 4.78 is 0.832. The standard InChI is InChI=1S/C21H16N2O4Se/c24-19(15-6-2-1-3-7-15)14-28-20-9-5-4-8-18(20)21(25)22-16-10-12-17(13-11-16)23(26)27/h1-13H,14H2,(H,22,25). The van der Waals surface area contributed by atoms with Crippen LogP contribution in [0.2, 0.25) is 5.32 Å². The second kappa shape index (κ2) is 9.08. The fourth-order valence-corrected chi connectivity index (χ4v) is 4.48. The molecule has 0 heterocycles. The number of hydrogen-bond donors (Lipinski definition) is 1. The Morgan fingerprint density at radius 3 is 2.21 bits per heavy atom. The zero-order valence-corrected chi connectivity index (χ0v) is 16.4. The summed E-state index contributed by atoms with van der Waals surface area (Å²) in [5, 5.41) is 13.8. The van der Waals surface area contributed by atoms with E-state index in [9.17, 15) is 19.7 Å². The van der Waals surface area contributed by atoms with Gasteiger partial charge < -0.3 is 0 Å². The van der Waals surface area contributed by atoms with Gasteiger partial charge in [-0.1, -0.05) is 0 Å². The summed E-state index contributed by atoms with van der Waals surface area (Å²) in [5.74, 6) is -0.260. The first-order valence-corrected chi connectivity index (χ1v) is 10.5. The number of nitro groups is 1. The topological polar surface area (TPSA) is 89.3 Å². The van der Waals surface area contributed by atoms with E-state index < -0.39 is 4.92 Å². The van der Waals surface area contributed by atoms with Gasteiger partial charge in [0.25, 0.3) is 0 Å². The number of nitro benzene ring substituents is 1. The molecular weight excluding hydrogens is 423 g/mol. The Kier molecular flexibility index (Phi) is 6.32. The molecule has 0 radical (unpaired) electrons. The Bertz CT molecular complexity index is 1000. The first-order valence-electron chi connectivity index (χ1n) is 8.40. The van der Waals surface area contributed by atoms with Crippen LogP contribution in [-0.2, 0) is 0 Å². The van der Waals surface area contributed by atoms with E-state index in [0.29, 0.717) is 22.1 Å². The van der Waals surface area contributed by atoms with Crippen LogP contribution in [0.1, 0.15) is 20.7 Å². The van der Waals surface area contributed by atoms with Gasteiger partial charge in [-0.25, -0.2) is 0 Å². The third-order valence-electron chi connectivity index (χ3n) is 3.92. The second-order valence-electron chi connectivity index (χ2n) is 5.83. The zero-order chi connectivity index (χ0) is 19.9. The average Bonchev–Trinajstić information content (AvgIpc) is 2.73. The number of Topliss-reactive ketones (excluding diaryl/α,β-unsaturated/α-hetero) is 1. The van der Waals surface area contributed by atoms with Crippen molar-refractivity contribution in [1.82, 2.24) is 0 Å². The molecule has 0 aliphatic heterocycles. The molecule has 0 saturated heterocycles. The molecule has 0 fully saturated rings. The fraction of sp³-hybridized carbons (Fsp3) is 0.0476. The van der Waals surface area contributed by atoms with E-state index in [1.807, 2.05) is 30.3 Å². The third-order valence-corrected chi connectivity index (χ3v) is 6.17. The van der Waals surface area contributed by atoms with E-state index in [4.69, 9.17) is 0 Å². The maximum absolute atomic E-state index is 12.6. The van der Waals surface area contributed by atoms with Crippen LogP contribution in [0.25, 0.3) is 0 Å². The van der Waals surface area contributed by atoms with Crippen LogP contribution < -0.4 is 9.78 Å². The molecule has 0 aliphatic carbocycles. The molecule has 0 aromatic heterocycles. The van der Waals surface area contributed by atoms with Gasteiger partial charge in [0.1, 0.15) is 0 Å². The van der Waals surface area contributed by atoms with E-state index in [1.54, 1.807) is 24.3 Å². The van der Waals surface area contributed by atoms with Gasteiger partial charge in [-0.3, -0.25) is 0 Å². The number of nitrogens with one attached hydrogen (secondary N) is 1. The molecule has 0 saturated carbocycles. The zero-order valence-electron chi connectivity index (χ0n) is 14.7. The maximum atomic E-state index is 12.6. The van der Waals surface area contributed by atoms with E-state index in [0.717, 1.165) is 4.46 Å². The second-order valence-corrected chi connectivity index (χ2v) is 7.97. The molecule has 7 heteroatoms. The Morgan fingerprint density at radius 1 is 0.893 bits per heavy atom. The fourth-order valence-electron chi connectivity index (χ4n) is 2.50. The van der Waals surface area contributed by atoms with Crippen LogP contribution >= 0.6 is 0 Å². The van der Waals surface area contributed by atoms with Crippen LogP contribution in [0.3, 0.4) is 0 Å². The number of hydrogen-bond acceptors (Lipinski definition) is 4. The number of carbonyl (C=O) groups excluding carboxylic acids is 2. The molecule has 0 spiro atoms. The summed E-state index contributed by atoms with van der Waals surface area (Å²) in [6.07, 6.45) is 0. The van der Waals surface area contributed by atoms with Crippen molar-refractivity contribution in [1.29, 1.82) is 0 Å². The van der Waals surface area contributed by atoms with Crippen molar-refractivity contribution in [2.45, 2.75) is 5.32 Å². The average molecular weight is 439 g/mol. The van der Waals surface area contributed by atoms with Crippen LogP contribution in [-0.4, -0.2) is 31.6 Å². The molecule has 0 aliphatic rings. The van der Waals surface area contributed by atoms with Crippen LogP contribution in [0.4, 0.5) is 11.4 Å². The van der Waals surface area contributed by atoms with Gasteiger partial charge in [0.05, 0.1) is 0 Å². The van der Waals surface area contributed by atoms with Crippen molar-refractivity contribution in [3.05, 3.63) is 100 Å². The van der Waals surface area contributed by atoms with Crippen LogP contribution in [0.15, 0.2) is 78.9 Å². The molecule has 3 aromatic carbocycles. The van der Waals surface area contributed by atoms with Crippen molar-refractivity contribution in [3.63, 3.8) is 0 Å². The monoisotopic (exact) mass is 440 g/mol. The normalized spacial score (nSPS) is 10.3.